The Morgan fingerprint density at radius 3 is 2.65 bits per heavy atom. The van der Waals surface area contributed by atoms with Gasteiger partial charge in [-0.2, -0.15) is 5.10 Å². The van der Waals surface area contributed by atoms with Crippen LogP contribution in [-0.2, 0) is 14.3 Å². The second kappa shape index (κ2) is 8.99. The van der Waals surface area contributed by atoms with Crippen molar-refractivity contribution < 1.29 is 28.6 Å². The number of thiophene rings is 1. The highest BCUT2D eigenvalue weighted by Crippen LogP contribution is 2.32. The van der Waals surface area contributed by atoms with Gasteiger partial charge in [-0.15, -0.1) is 11.3 Å². The molecular formula is C24H19N3O6S. The maximum Gasteiger partial charge on any atom is 0.348 e. The molecule has 4 aromatic rings. The fourth-order valence-corrected chi connectivity index (χ4v) is 4.57. The number of aryl methyl sites for hydroxylation is 1. The summed E-state index contributed by atoms with van der Waals surface area (Å²) in [6.45, 7) is 1.22. The fraction of sp³-hybridized carbons (Fsp3) is 0.167. The van der Waals surface area contributed by atoms with E-state index in [1.807, 2.05) is 37.3 Å². The monoisotopic (exact) mass is 477 g/mol. The number of aromatic nitrogens is 2. The van der Waals surface area contributed by atoms with Gasteiger partial charge in [0.25, 0.3) is 11.8 Å². The Kier molecular flexibility index (Phi) is 5.72. The van der Waals surface area contributed by atoms with Gasteiger partial charge in [-0.3, -0.25) is 14.9 Å². The summed E-state index contributed by atoms with van der Waals surface area (Å²) in [6.07, 6.45) is -0.985. The maximum absolute atomic E-state index is 12.5. The van der Waals surface area contributed by atoms with E-state index in [1.165, 1.54) is 11.3 Å². The molecule has 0 saturated carbocycles. The van der Waals surface area contributed by atoms with Gasteiger partial charge in [0.2, 0.25) is 6.10 Å². The van der Waals surface area contributed by atoms with Gasteiger partial charge < -0.3 is 14.2 Å². The first-order chi connectivity index (χ1) is 16.5. The molecule has 9 nitrogen and oxygen atoms in total. The topological polar surface area (TPSA) is 109 Å². The van der Waals surface area contributed by atoms with Crippen molar-refractivity contribution in [2.45, 2.75) is 13.0 Å². The van der Waals surface area contributed by atoms with Gasteiger partial charge in [0, 0.05) is 5.39 Å². The lowest BCUT2D eigenvalue weighted by molar-refractivity contribution is -0.137. The molecule has 0 fully saturated rings. The summed E-state index contributed by atoms with van der Waals surface area (Å²) in [4.78, 5) is 38.2. The number of hydrogen-bond acceptors (Lipinski definition) is 8. The van der Waals surface area contributed by atoms with Crippen molar-refractivity contribution >= 4 is 39.3 Å². The Labute approximate surface area is 197 Å². The van der Waals surface area contributed by atoms with Crippen LogP contribution in [0.3, 0.4) is 0 Å². The van der Waals surface area contributed by atoms with Crippen LogP contribution < -0.4 is 14.8 Å². The molecule has 34 heavy (non-hydrogen) atoms. The average molecular weight is 477 g/mol. The average Bonchev–Trinajstić information content (AvgIpc) is 3.43. The standard InChI is InChI=1S/C24H19N3O6S/c1-14-16-11-20(34-23(16)27(26-14)15-7-3-2-4-8-15)24(30)32-13-21(28)25-22(29)19-12-31-17-9-5-6-10-18(17)33-19/h2-11,19H,12-13H2,1H3,(H,25,28,29)/t19-/m1/s1. The number of esters is 1. The molecule has 1 aliphatic rings. The number of rotatable bonds is 5. The van der Waals surface area contributed by atoms with Gasteiger partial charge in [-0.1, -0.05) is 30.3 Å². The molecule has 0 spiro atoms. The van der Waals surface area contributed by atoms with Gasteiger partial charge in [0.15, 0.2) is 18.1 Å². The van der Waals surface area contributed by atoms with Crippen LogP contribution in [0.2, 0.25) is 0 Å². The van der Waals surface area contributed by atoms with E-state index in [0.717, 1.165) is 21.6 Å². The molecule has 0 radical (unpaired) electrons. The van der Waals surface area contributed by atoms with Crippen molar-refractivity contribution in [2.24, 2.45) is 0 Å². The molecule has 10 heteroatoms. The zero-order valence-corrected chi connectivity index (χ0v) is 18.8. The number of nitrogens with one attached hydrogen (secondary N) is 1. The van der Waals surface area contributed by atoms with Crippen LogP contribution in [0.25, 0.3) is 15.9 Å². The minimum Gasteiger partial charge on any atom is -0.485 e. The molecule has 1 aliphatic heterocycles. The Balaban J connectivity index is 1.20. The number of amides is 2. The highest BCUT2D eigenvalue weighted by Gasteiger charge is 2.29. The summed E-state index contributed by atoms with van der Waals surface area (Å²) < 4.78 is 17.9. The molecule has 0 aliphatic carbocycles. The number of imide groups is 1. The molecule has 1 N–H and O–H groups in total. The molecule has 3 heterocycles. The molecule has 172 valence electrons. The summed E-state index contributed by atoms with van der Waals surface area (Å²) in [7, 11) is 0. The van der Waals surface area contributed by atoms with E-state index in [0.29, 0.717) is 16.4 Å². The zero-order chi connectivity index (χ0) is 23.7. The van der Waals surface area contributed by atoms with Crippen molar-refractivity contribution in [1.29, 1.82) is 0 Å². The van der Waals surface area contributed by atoms with Crippen molar-refractivity contribution in [2.75, 3.05) is 13.2 Å². The molecule has 2 amide bonds. The van der Waals surface area contributed by atoms with Gasteiger partial charge in [0.05, 0.1) is 11.4 Å². The smallest absolute Gasteiger partial charge is 0.348 e. The van der Waals surface area contributed by atoms with E-state index >= 15 is 0 Å². The van der Waals surface area contributed by atoms with E-state index in [-0.39, 0.29) is 6.61 Å². The zero-order valence-electron chi connectivity index (χ0n) is 18.0. The summed E-state index contributed by atoms with van der Waals surface area (Å²) in [6, 6.07) is 18.2. The lowest BCUT2D eigenvalue weighted by atomic mass is 10.2. The molecule has 0 unspecified atom stereocenters. The van der Waals surface area contributed by atoms with E-state index in [4.69, 9.17) is 14.2 Å². The molecule has 0 bridgehead atoms. The largest absolute Gasteiger partial charge is 0.485 e. The number of carbonyl (C=O) groups is 3. The van der Waals surface area contributed by atoms with Crippen LogP contribution in [0, 0.1) is 6.92 Å². The summed E-state index contributed by atoms with van der Waals surface area (Å²) in [5, 5.41) is 7.54. The second-order valence-electron chi connectivity index (χ2n) is 7.52. The second-order valence-corrected chi connectivity index (χ2v) is 8.55. The SMILES string of the molecule is Cc1nn(-c2ccccc2)c2sc(C(=O)OCC(=O)NC(=O)[C@H]3COc4ccccc4O3)cc12. The minimum absolute atomic E-state index is 0.0323. The number of hydrogen-bond donors (Lipinski definition) is 1. The number of ether oxygens (including phenoxy) is 3. The Morgan fingerprint density at radius 1 is 1.12 bits per heavy atom. The van der Waals surface area contributed by atoms with Crippen LogP contribution in [0.15, 0.2) is 60.7 Å². The number of benzene rings is 2. The van der Waals surface area contributed by atoms with E-state index < -0.39 is 30.5 Å². The summed E-state index contributed by atoms with van der Waals surface area (Å²) in [5.74, 6) is -1.14. The minimum atomic E-state index is -0.985. The van der Waals surface area contributed by atoms with Crippen LogP contribution in [0.1, 0.15) is 15.4 Å². The Morgan fingerprint density at radius 2 is 1.85 bits per heavy atom. The molecular weight excluding hydrogens is 458 g/mol. The molecule has 2 aromatic carbocycles. The molecule has 0 saturated heterocycles. The van der Waals surface area contributed by atoms with Crippen LogP contribution >= 0.6 is 11.3 Å². The first-order valence-corrected chi connectivity index (χ1v) is 11.2. The van der Waals surface area contributed by atoms with Crippen molar-refractivity contribution in [3.05, 3.63) is 71.2 Å². The van der Waals surface area contributed by atoms with Gasteiger partial charge in [-0.25, -0.2) is 9.48 Å². The number of nitrogens with zero attached hydrogens (tertiary/aromatic N) is 2. The number of fused-ring (bicyclic) bond motifs is 2. The summed E-state index contributed by atoms with van der Waals surface area (Å²) >= 11 is 1.22. The van der Waals surface area contributed by atoms with Crippen molar-refractivity contribution in [1.82, 2.24) is 15.1 Å². The molecule has 2 aromatic heterocycles. The predicted octanol–water partition coefficient (Wildman–Crippen LogP) is 3.04. The normalized spacial score (nSPS) is 14.6. The van der Waals surface area contributed by atoms with Crippen LogP contribution in [0.4, 0.5) is 0 Å². The Bertz CT molecular complexity index is 1390. The first kappa shape index (κ1) is 21.7. The third-order valence-corrected chi connectivity index (χ3v) is 6.24. The number of carbonyl (C=O) groups excluding carboxylic acids is 3. The first-order valence-electron chi connectivity index (χ1n) is 10.4. The van der Waals surface area contributed by atoms with E-state index in [1.54, 1.807) is 35.0 Å². The number of para-hydroxylation sites is 3. The third-order valence-electron chi connectivity index (χ3n) is 5.14. The van der Waals surface area contributed by atoms with Crippen LogP contribution in [-0.4, -0.2) is 46.9 Å². The fourth-order valence-electron chi connectivity index (χ4n) is 3.50. The van der Waals surface area contributed by atoms with E-state index in [9.17, 15) is 14.4 Å². The van der Waals surface area contributed by atoms with Crippen LogP contribution in [0.5, 0.6) is 11.5 Å². The van der Waals surface area contributed by atoms with Gasteiger partial charge in [0.1, 0.15) is 16.3 Å². The van der Waals surface area contributed by atoms with E-state index in [2.05, 4.69) is 10.4 Å². The van der Waals surface area contributed by atoms with Crippen molar-refractivity contribution in [3.8, 4) is 17.2 Å². The van der Waals surface area contributed by atoms with Crippen molar-refractivity contribution in [3.63, 3.8) is 0 Å². The summed E-state index contributed by atoms with van der Waals surface area (Å²) in [5.41, 5.74) is 1.64. The predicted molar refractivity (Wildman–Crippen MR) is 123 cm³/mol. The molecule has 5 rings (SSSR count). The van der Waals surface area contributed by atoms with Gasteiger partial charge >= 0.3 is 5.97 Å². The lowest BCUT2D eigenvalue weighted by Crippen LogP contribution is -2.47. The third kappa shape index (κ3) is 4.23. The highest BCUT2D eigenvalue weighted by molar-refractivity contribution is 7.20. The lowest BCUT2D eigenvalue weighted by Gasteiger charge is -2.25. The quantitative estimate of drug-likeness (QED) is 0.440. The van der Waals surface area contributed by atoms with Gasteiger partial charge in [-0.05, 0) is 37.3 Å². The highest BCUT2D eigenvalue weighted by atomic mass is 32.1. The molecule has 1 atom stereocenters. The Hall–Kier alpha value is -4.18. The maximum atomic E-state index is 12.5.